The van der Waals surface area contributed by atoms with E-state index in [9.17, 15) is 8.42 Å². The van der Waals surface area contributed by atoms with E-state index in [0.717, 1.165) is 18.4 Å². The number of furan rings is 1. The summed E-state index contributed by atoms with van der Waals surface area (Å²) in [6.45, 7) is 6.60. The van der Waals surface area contributed by atoms with Crippen LogP contribution in [0.5, 0.6) is 0 Å². The molecule has 118 valence electrons. The summed E-state index contributed by atoms with van der Waals surface area (Å²) in [6.07, 6.45) is 4.31. The molecule has 0 saturated heterocycles. The van der Waals surface area contributed by atoms with Crippen LogP contribution in [0.15, 0.2) is 9.31 Å². The number of hydrogen-bond acceptors (Lipinski definition) is 4. The minimum atomic E-state index is -3.46. The third kappa shape index (κ3) is 2.89. The van der Waals surface area contributed by atoms with E-state index in [1.807, 2.05) is 13.8 Å². The first-order valence-corrected chi connectivity index (χ1v) is 9.23. The van der Waals surface area contributed by atoms with Crippen molar-refractivity contribution in [1.82, 2.24) is 9.62 Å². The summed E-state index contributed by atoms with van der Waals surface area (Å²) < 4.78 is 33.3. The first-order chi connectivity index (χ1) is 9.95. The molecule has 2 aliphatic rings. The van der Waals surface area contributed by atoms with E-state index in [2.05, 4.69) is 5.32 Å². The molecule has 0 amide bonds. The molecule has 0 aromatic carbocycles. The molecule has 1 N–H and O–H groups in total. The Hall–Kier alpha value is -0.850. The van der Waals surface area contributed by atoms with Crippen molar-refractivity contribution in [1.29, 1.82) is 0 Å². The molecule has 0 unspecified atom stereocenters. The first-order valence-electron chi connectivity index (χ1n) is 7.79. The monoisotopic (exact) mass is 312 g/mol. The smallest absolute Gasteiger partial charge is 0.247 e. The Morgan fingerprint density at radius 3 is 2.38 bits per heavy atom. The van der Waals surface area contributed by atoms with Gasteiger partial charge in [0.2, 0.25) is 10.0 Å². The van der Waals surface area contributed by atoms with Gasteiger partial charge in [-0.05, 0) is 39.5 Å². The lowest BCUT2D eigenvalue weighted by Crippen LogP contribution is -2.34. The van der Waals surface area contributed by atoms with Crippen LogP contribution in [0.1, 0.15) is 49.7 Å². The zero-order valence-electron chi connectivity index (χ0n) is 13.0. The Bertz CT molecular complexity index is 628. The van der Waals surface area contributed by atoms with Gasteiger partial charge in [-0.15, -0.1) is 0 Å². The molecule has 3 rings (SSSR count). The molecule has 1 aromatic heterocycles. The first kappa shape index (κ1) is 15.1. The lowest BCUT2D eigenvalue weighted by atomic mass is 10.2. The van der Waals surface area contributed by atoms with Gasteiger partial charge in [-0.3, -0.25) is 0 Å². The summed E-state index contributed by atoms with van der Waals surface area (Å²) >= 11 is 0. The van der Waals surface area contributed by atoms with Gasteiger partial charge in [0.1, 0.15) is 16.4 Å². The van der Waals surface area contributed by atoms with Crippen molar-refractivity contribution in [3.63, 3.8) is 0 Å². The second kappa shape index (κ2) is 5.41. The molecule has 5 nitrogen and oxygen atoms in total. The Morgan fingerprint density at radius 1 is 1.19 bits per heavy atom. The van der Waals surface area contributed by atoms with Crippen molar-refractivity contribution in [2.45, 2.75) is 70.0 Å². The van der Waals surface area contributed by atoms with Crippen LogP contribution in [0.4, 0.5) is 0 Å². The zero-order valence-corrected chi connectivity index (χ0v) is 13.8. The highest BCUT2D eigenvalue weighted by atomic mass is 32.2. The van der Waals surface area contributed by atoms with E-state index < -0.39 is 10.0 Å². The standard InChI is InChI=1S/C15H24N2O3S/c1-4-17(13-7-8-13)21(18,19)15-11(3)20-10(2)14(15)9-16-12-5-6-12/h12-13,16H,4-9H2,1-3H3. The molecule has 0 spiro atoms. The molecule has 0 radical (unpaired) electrons. The molecular weight excluding hydrogens is 288 g/mol. The normalized spacial score (nSPS) is 19.4. The Morgan fingerprint density at radius 2 is 1.86 bits per heavy atom. The molecule has 0 bridgehead atoms. The van der Waals surface area contributed by atoms with Crippen molar-refractivity contribution < 1.29 is 12.8 Å². The van der Waals surface area contributed by atoms with Gasteiger partial charge in [0.25, 0.3) is 0 Å². The molecule has 0 atom stereocenters. The van der Waals surface area contributed by atoms with Crippen LogP contribution in [0.3, 0.4) is 0 Å². The molecule has 2 aliphatic carbocycles. The van der Waals surface area contributed by atoms with E-state index in [4.69, 9.17) is 4.42 Å². The van der Waals surface area contributed by atoms with Gasteiger partial charge in [0.05, 0.1) is 0 Å². The SMILES string of the molecule is CCN(C1CC1)S(=O)(=O)c1c(C)oc(C)c1CNC1CC1. The van der Waals surface area contributed by atoms with E-state index in [1.54, 1.807) is 11.2 Å². The summed E-state index contributed by atoms with van der Waals surface area (Å²) in [6, 6.07) is 0.722. The maximum atomic E-state index is 13.0. The molecule has 2 saturated carbocycles. The summed E-state index contributed by atoms with van der Waals surface area (Å²) in [5, 5.41) is 3.40. The van der Waals surface area contributed by atoms with Gasteiger partial charge in [0, 0.05) is 30.7 Å². The van der Waals surface area contributed by atoms with Crippen molar-refractivity contribution in [2.75, 3.05) is 6.54 Å². The molecule has 1 aromatic rings. The van der Waals surface area contributed by atoms with Crippen molar-refractivity contribution in [2.24, 2.45) is 0 Å². The number of nitrogens with zero attached hydrogens (tertiary/aromatic N) is 1. The van der Waals surface area contributed by atoms with Crippen LogP contribution in [0.2, 0.25) is 0 Å². The Balaban J connectivity index is 1.95. The van der Waals surface area contributed by atoms with Crippen LogP contribution < -0.4 is 5.32 Å². The highest BCUT2D eigenvalue weighted by Gasteiger charge is 2.40. The third-order valence-electron chi connectivity index (χ3n) is 4.30. The highest BCUT2D eigenvalue weighted by Crippen LogP contribution is 2.36. The minimum absolute atomic E-state index is 0.179. The molecule has 21 heavy (non-hydrogen) atoms. The Labute approximate surface area is 126 Å². The second-order valence-electron chi connectivity index (χ2n) is 6.12. The summed E-state index contributed by atoms with van der Waals surface area (Å²) in [4.78, 5) is 0.391. The van der Waals surface area contributed by atoms with Gasteiger partial charge in [-0.25, -0.2) is 8.42 Å². The number of hydrogen-bond donors (Lipinski definition) is 1. The minimum Gasteiger partial charge on any atom is -0.465 e. The lowest BCUT2D eigenvalue weighted by molar-refractivity contribution is 0.418. The lowest BCUT2D eigenvalue weighted by Gasteiger charge is -2.20. The second-order valence-corrected chi connectivity index (χ2v) is 7.94. The van der Waals surface area contributed by atoms with Gasteiger partial charge in [-0.1, -0.05) is 6.92 Å². The summed E-state index contributed by atoms with van der Waals surface area (Å²) in [7, 11) is -3.46. The molecular formula is C15H24N2O3S. The van der Waals surface area contributed by atoms with E-state index in [0.29, 0.717) is 35.5 Å². The van der Waals surface area contributed by atoms with Gasteiger partial charge in [0.15, 0.2) is 0 Å². The highest BCUT2D eigenvalue weighted by molar-refractivity contribution is 7.89. The predicted octanol–water partition coefficient (Wildman–Crippen LogP) is 2.32. The molecule has 1 heterocycles. The maximum Gasteiger partial charge on any atom is 0.247 e. The fourth-order valence-corrected chi connectivity index (χ4v) is 5.00. The number of sulfonamides is 1. The quantitative estimate of drug-likeness (QED) is 0.839. The molecule has 6 heteroatoms. The Kier molecular flexibility index (Phi) is 3.88. The summed E-state index contributed by atoms with van der Waals surface area (Å²) in [5.41, 5.74) is 0.804. The van der Waals surface area contributed by atoms with Crippen LogP contribution in [-0.4, -0.2) is 31.4 Å². The van der Waals surface area contributed by atoms with Crippen LogP contribution in [-0.2, 0) is 16.6 Å². The third-order valence-corrected chi connectivity index (χ3v) is 6.53. The van der Waals surface area contributed by atoms with Crippen LogP contribution >= 0.6 is 0 Å². The fourth-order valence-electron chi connectivity index (χ4n) is 2.89. The average molecular weight is 312 g/mol. The number of aryl methyl sites for hydroxylation is 2. The number of nitrogens with one attached hydrogen (secondary N) is 1. The van der Waals surface area contributed by atoms with E-state index >= 15 is 0 Å². The number of rotatable bonds is 7. The van der Waals surface area contributed by atoms with E-state index in [-0.39, 0.29) is 6.04 Å². The zero-order chi connectivity index (χ0) is 15.2. The topological polar surface area (TPSA) is 62.6 Å². The van der Waals surface area contributed by atoms with E-state index in [1.165, 1.54) is 12.8 Å². The van der Waals surface area contributed by atoms with Crippen LogP contribution in [0, 0.1) is 13.8 Å². The van der Waals surface area contributed by atoms with Crippen LogP contribution in [0.25, 0.3) is 0 Å². The maximum absolute atomic E-state index is 13.0. The molecule has 0 aliphatic heterocycles. The molecule has 2 fully saturated rings. The average Bonchev–Trinajstić information content (AvgIpc) is 3.28. The summed E-state index contributed by atoms with van der Waals surface area (Å²) in [5.74, 6) is 1.23. The van der Waals surface area contributed by atoms with Gasteiger partial charge >= 0.3 is 0 Å². The van der Waals surface area contributed by atoms with Gasteiger partial charge in [-0.2, -0.15) is 4.31 Å². The van der Waals surface area contributed by atoms with Gasteiger partial charge < -0.3 is 9.73 Å². The van der Waals surface area contributed by atoms with Crippen molar-refractivity contribution in [3.8, 4) is 0 Å². The van der Waals surface area contributed by atoms with Crippen molar-refractivity contribution in [3.05, 3.63) is 17.1 Å². The largest absolute Gasteiger partial charge is 0.465 e. The predicted molar refractivity (Wildman–Crippen MR) is 80.6 cm³/mol. The van der Waals surface area contributed by atoms with Crippen molar-refractivity contribution >= 4 is 10.0 Å². The fraction of sp³-hybridized carbons (Fsp3) is 0.733.